The van der Waals surface area contributed by atoms with Crippen LogP contribution in [-0.4, -0.2) is 44.0 Å². The second-order valence-corrected chi connectivity index (χ2v) is 6.67. The van der Waals surface area contributed by atoms with E-state index in [1.54, 1.807) is 23.9 Å². The third-order valence-electron chi connectivity index (χ3n) is 4.06. The Hall–Kier alpha value is -2.67. The number of methoxy groups -OCH3 is 3. The Morgan fingerprint density at radius 1 is 1.08 bits per heavy atom. The number of aliphatic imine (C=N–C) groups is 1. The first-order valence-corrected chi connectivity index (χ1v) is 8.96. The molecule has 0 bridgehead atoms. The lowest BCUT2D eigenvalue weighted by Crippen LogP contribution is -2.19. The molecule has 2 aromatic rings. The van der Waals surface area contributed by atoms with Crippen LogP contribution in [0.4, 0.5) is 5.69 Å². The largest absolute Gasteiger partial charge is 0.493 e. The van der Waals surface area contributed by atoms with Crippen molar-refractivity contribution in [1.82, 2.24) is 0 Å². The molecule has 1 heterocycles. The number of nitrogens with two attached hydrogens (primary N) is 1. The number of nitrogen functional groups attached to an aromatic ring is 1. The zero-order chi connectivity index (χ0) is 18.7. The van der Waals surface area contributed by atoms with Crippen LogP contribution in [0.15, 0.2) is 41.4 Å². The van der Waals surface area contributed by atoms with E-state index in [0.717, 1.165) is 10.6 Å². The van der Waals surface area contributed by atoms with Crippen LogP contribution in [0.5, 0.6) is 17.2 Å². The topological polar surface area (TPSA) is 83.1 Å². The Bertz CT molecular complexity index is 824. The summed E-state index contributed by atoms with van der Waals surface area (Å²) in [5, 5.41) is 0.843. The van der Waals surface area contributed by atoms with Crippen LogP contribution < -0.4 is 19.9 Å². The van der Waals surface area contributed by atoms with Gasteiger partial charge in [0.05, 0.1) is 26.4 Å². The molecule has 26 heavy (non-hydrogen) atoms. The maximum Gasteiger partial charge on any atom is 0.203 e. The molecule has 0 fully saturated rings. The third-order valence-corrected chi connectivity index (χ3v) is 5.16. The van der Waals surface area contributed by atoms with E-state index in [-0.39, 0.29) is 5.78 Å². The zero-order valence-electron chi connectivity index (χ0n) is 14.8. The summed E-state index contributed by atoms with van der Waals surface area (Å²) in [4.78, 5) is 17.5. The second-order valence-electron chi connectivity index (χ2n) is 5.66. The summed E-state index contributed by atoms with van der Waals surface area (Å²) in [7, 11) is 4.57. The summed E-state index contributed by atoms with van der Waals surface area (Å²) in [6.45, 7) is 0. The molecule has 136 valence electrons. The van der Waals surface area contributed by atoms with Gasteiger partial charge >= 0.3 is 0 Å². The maximum absolute atomic E-state index is 12.9. The molecule has 0 spiro atoms. The smallest absolute Gasteiger partial charge is 0.203 e. The number of Topliss-reactive ketones (excluding diaryl/α,β-unsaturated/α-hetero) is 1. The lowest BCUT2D eigenvalue weighted by Gasteiger charge is -2.14. The molecule has 1 aliphatic rings. The molecule has 1 atom stereocenters. The van der Waals surface area contributed by atoms with Crippen molar-refractivity contribution in [1.29, 1.82) is 0 Å². The van der Waals surface area contributed by atoms with Crippen molar-refractivity contribution in [3.63, 3.8) is 0 Å². The van der Waals surface area contributed by atoms with Crippen molar-refractivity contribution in [2.24, 2.45) is 4.99 Å². The van der Waals surface area contributed by atoms with Gasteiger partial charge in [0.25, 0.3) is 0 Å². The third kappa shape index (κ3) is 3.48. The molecule has 7 heteroatoms. The number of rotatable bonds is 6. The van der Waals surface area contributed by atoms with Gasteiger partial charge in [-0.05, 0) is 24.3 Å². The zero-order valence-corrected chi connectivity index (χ0v) is 15.6. The highest BCUT2D eigenvalue weighted by molar-refractivity contribution is 8.14. The molecular weight excluding hydrogens is 352 g/mol. The van der Waals surface area contributed by atoms with Crippen molar-refractivity contribution >= 4 is 28.3 Å². The number of carbonyl (C=O) groups excluding carboxylic acids is 1. The van der Waals surface area contributed by atoms with Gasteiger partial charge < -0.3 is 19.9 Å². The minimum Gasteiger partial charge on any atom is -0.493 e. The van der Waals surface area contributed by atoms with Gasteiger partial charge in [-0.1, -0.05) is 12.1 Å². The van der Waals surface area contributed by atoms with E-state index in [4.69, 9.17) is 19.9 Å². The average Bonchev–Trinajstić information content (AvgIpc) is 3.16. The number of hydrogen-bond donors (Lipinski definition) is 1. The Morgan fingerprint density at radius 2 is 1.69 bits per heavy atom. The highest BCUT2D eigenvalue weighted by Crippen LogP contribution is 2.39. The molecule has 0 saturated heterocycles. The SMILES string of the molecule is COc1cc(C(=O)C2CSC(c3ccc(N)cc3)=N2)cc(OC)c1OC. The van der Waals surface area contributed by atoms with Crippen LogP contribution in [0, 0.1) is 0 Å². The molecule has 2 N–H and O–H groups in total. The summed E-state index contributed by atoms with van der Waals surface area (Å²) < 4.78 is 15.9. The number of ether oxygens (including phenoxy) is 3. The van der Waals surface area contributed by atoms with Gasteiger partial charge in [0.1, 0.15) is 6.04 Å². The number of carbonyl (C=O) groups is 1. The lowest BCUT2D eigenvalue weighted by atomic mass is 10.0. The predicted molar refractivity (Wildman–Crippen MR) is 104 cm³/mol. The number of anilines is 1. The number of benzene rings is 2. The molecule has 3 rings (SSSR count). The van der Waals surface area contributed by atoms with Crippen molar-refractivity contribution in [3.8, 4) is 17.2 Å². The van der Waals surface area contributed by atoms with Crippen molar-refractivity contribution in [3.05, 3.63) is 47.5 Å². The van der Waals surface area contributed by atoms with E-state index in [0.29, 0.717) is 34.3 Å². The van der Waals surface area contributed by atoms with Crippen LogP contribution in [0.2, 0.25) is 0 Å². The van der Waals surface area contributed by atoms with Crippen LogP contribution in [0.3, 0.4) is 0 Å². The summed E-state index contributed by atoms with van der Waals surface area (Å²) in [6.07, 6.45) is 0. The molecule has 2 aromatic carbocycles. The first kappa shape index (κ1) is 18.1. The highest BCUT2D eigenvalue weighted by Gasteiger charge is 2.28. The first-order chi connectivity index (χ1) is 12.6. The standard InChI is InChI=1S/C19H20N2O4S/c1-23-15-8-12(9-16(24-2)18(15)25-3)17(22)14-10-26-19(21-14)11-4-6-13(20)7-5-11/h4-9,14H,10,20H2,1-3H3. The van der Waals surface area contributed by atoms with E-state index in [9.17, 15) is 4.79 Å². The van der Waals surface area contributed by atoms with Gasteiger partial charge in [-0.15, -0.1) is 11.8 Å². The minimum absolute atomic E-state index is 0.0813. The predicted octanol–water partition coefficient (Wildman–Crippen LogP) is 3.04. The maximum atomic E-state index is 12.9. The van der Waals surface area contributed by atoms with Gasteiger partial charge in [0.2, 0.25) is 5.75 Å². The van der Waals surface area contributed by atoms with E-state index in [2.05, 4.69) is 4.99 Å². The molecule has 0 aliphatic carbocycles. The van der Waals surface area contributed by atoms with Gasteiger partial charge in [-0.25, -0.2) is 0 Å². The fourth-order valence-corrected chi connectivity index (χ4v) is 3.75. The molecule has 0 radical (unpaired) electrons. The average molecular weight is 372 g/mol. The van der Waals surface area contributed by atoms with Crippen molar-refractivity contribution in [2.45, 2.75) is 6.04 Å². The number of ketones is 1. The molecule has 1 aliphatic heterocycles. The molecule has 0 saturated carbocycles. The van der Waals surface area contributed by atoms with E-state index >= 15 is 0 Å². The van der Waals surface area contributed by atoms with Gasteiger partial charge in [0.15, 0.2) is 17.3 Å². The summed E-state index contributed by atoms with van der Waals surface area (Å²) in [5.41, 5.74) is 7.86. The lowest BCUT2D eigenvalue weighted by molar-refractivity contribution is 0.0971. The monoisotopic (exact) mass is 372 g/mol. The number of nitrogens with zero attached hydrogens (tertiary/aromatic N) is 1. The van der Waals surface area contributed by atoms with Crippen LogP contribution in [0.1, 0.15) is 15.9 Å². The van der Waals surface area contributed by atoms with E-state index in [1.807, 2.05) is 24.3 Å². The normalized spacial score (nSPS) is 16.1. The first-order valence-electron chi connectivity index (χ1n) is 7.98. The Balaban J connectivity index is 1.89. The quantitative estimate of drug-likeness (QED) is 0.620. The van der Waals surface area contributed by atoms with E-state index in [1.165, 1.54) is 21.3 Å². The summed E-state index contributed by atoms with van der Waals surface area (Å²) in [6, 6.07) is 10.3. The van der Waals surface area contributed by atoms with Crippen LogP contribution >= 0.6 is 11.8 Å². The van der Waals surface area contributed by atoms with Gasteiger partial charge in [-0.3, -0.25) is 9.79 Å². The molecule has 6 nitrogen and oxygen atoms in total. The molecule has 0 aromatic heterocycles. The Kier molecular flexibility index (Phi) is 5.37. The number of thioether (sulfide) groups is 1. The van der Waals surface area contributed by atoms with Crippen molar-refractivity contribution in [2.75, 3.05) is 32.8 Å². The molecular formula is C19H20N2O4S. The number of hydrogen-bond acceptors (Lipinski definition) is 7. The summed E-state index contributed by atoms with van der Waals surface area (Å²) in [5.74, 6) is 1.86. The van der Waals surface area contributed by atoms with Crippen LogP contribution in [-0.2, 0) is 0 Å². The summed E-state index contributed by atoms with van der Waals surface area (Å²) >= 11 is 1.56. The minimum atomic E-state index is -0.449. The van der Waals surface area contributed by atoms with Gasteiger partial charge in [0, 0.05) is 22.6 Å². The molecule has 0 amide bonds. The van der Waals surface area contributed by atoms with Crippen molar-refractivity contribution < 1.29 is 19.0 Å². The fraction of sp³-hybridized carbons (Fsp3) is 0.263. The Morgan fingerprint density at radius 3 is 2.23 bits per heavy atom. The Labute approximate surface area is 156 Å². The van der Waals surface area contributed by atoms with E-state index < -0.39 is 6.04 Å². The fourth-order valence-electron chi connectivity index (χ4n) is 2.71. The second kappa shape index (κ2) is 7.70. The van der Waals surface area contributed by atoms with Crippen LogP contribution in [0.25, 0.3) is 0 Å². The highest BCUT2D eigenvalue weighted by atomic mass is 32.2. The molecule has 1 unspecified atom stereocenters. The van der Waals surface area contributed by atoms with Gasteiger partial charge in [-0.2, -0.15) is 0 Å².